The molecular formula is C18H14BrN3O2. The highest BCUT2D eigenvalue weighted by atomic mass is 79.9. The predicted octanol–water partition coefficient (Wildman–Crippen LogP) is 3.81. The van der Waals surface area contributed by atoms with E-state index in [-0.39, 0.29) is 17.6 Å². The van der Waals surface area contributed by atoms with Crippen LogP contribution in [0.5, 0.6) is 5.75 Å². The molecule has 1 aromatic heterocycles. The smallest absolute Gasteiger partial charge is 0.226 e. The SMILES string of the molecule is O=C1C[C@@H](c2cccc(O)c2)c2ncn(-c3cccc(Br)c3)c2N1. The number of imidazole rings is 1. The summed E-state index contributed by atoms with van der Waals surface area (Å²) in [4.78, 5) is 16.8. The molecule has 0 saturated heterocycles. The number of hydrogen-bond acceptors (Lipinski definition) is 3. The number of nitrogens with zero attached hydrogens (tertiary/aromatic N) is 2. The lowest BCUT2D eigenvalue weighted by atomic mass is 9.90. The monoisotopic (exact) mass is 383 g/mol. The fourth-order valence-corrected chi connectivity index (χ4v) is 3.43. The van der Waals surface area contributed by atoms with Crippen molar-refractivity contribution in [3.63, 3.8) is 0 Å². The van der Waals surface area contributed by atoms with Crippen molar-refractivity contribution in [2.75, 3.05) is 5.32 Å². The molecule has 0 spiro atoms. The number of nitrogens with one attached hydrogen (secondary N) is 1. The van der Waals surface area contributed by atoms with Crippen LogP contribution < -0.4 is 5.32 Å². The summed E-state index contributed by atoms with van der Waals surface area (Å²) < 4.78 is 2.82. The average molecular weight is 384 g/mol. The first-order valence-electron chi connectivity index (χ1n) is 7.54. The third-order valence-electron chi connectivity index (χ3n) is 4.13. The van der Waals surface area contributed by atoms with Crippen LogP contribution in [0.1, 0.15) is 23.6 Å². The number of carbonyl (C=O) groups is 1. The molecule has 1 atom stereocenters. The Morgan fingerprint density at radius 2 is 2.04 bits per heavy atom. The van der Waals surface area contributed by atoms with E-state index in [4.69, 9.17) is 0 Å². The van der Waals surface area contributed by atoms with E-state index >= 15 is 0 Å². The molecular weight excluding hydrogens is 370 g/mol. The quantitative estimate of drug-likeness (QED) is 0.706. The number of fused-ring (bicyclic) bond motifs is 1. The van der Waals surface area contributed by atoms with Crippen molar-refractivity contribution in [1.29, 1.82) is 0 Å². The Bertz CT molecular complexity index is 936. The van der Waals surface area contributed by atoms with Crippen LogP contribution in [0.3, 0.4) is 0 Å². The molecule has 2 aromatic carbocycles. The molecule has 2 heterocycles. The number of halogens is 1. The van der Waals surface area contributed by atoms with Crippen LogP contribution in [-0.2, 0) is 4.79 Å². The molecule has 2 N–H and O–H groups in total. The molecule has 4 rings (SSSR count). The number of aromatic nitrogens is 2. The molecule has 0 bridgehead atoms. The van der Waals surface area contributed by atoms with Crippen molar-refractivity contribution < 1.29 is 9.90 Å². The highest BCUT2D eigenvalue weighted by Crippen LogP contribution is 2.38. The summed E-state index contributed by atoms with van der Waals surface area (Å²) >= 11 is 3.46. The molecule has 0 fully saturated rings. The number of phenolic OH excluding ortho intramolecular Hbond substituents is 1. The van der Waals surface area contributed by atoms with Gasteiger partial charge in [0.15, 0.2) is 0 Å². The number of rotatable bonds is 2. The first-order chi connectivity index (χ1) is 11.6. The number of carbonyl (C=O) groups excluding carboxylic acids is 1. The van der Waals surface area contributed by atoms with Crippen LogP contribution in [0.25, 0.3) is 5.69 Å². The zero-order valence-corrected chi connectivity index (χ0v) is 14.2. The van der Waals surface area contributed by atoms with Gasteiger partial charge in [-0.3, -0.25) is 9.36 Å². The Kier molecular flexibility index (Phi) is 3.61. The summed E-state index contributed by atoms with van der Waals surface area (Å²) in [6, 6.07) is 14.8. The maximum atomic E-state index is 12.2. The minimum absolute atomic E-state index is 0.0624. The lowest BCUT2D eigenvalue weighted by Crippen LogP contribution is -2.24. The maximum absolute atomic E-state index is 12.2. The third-order valence-corrected chi connectivity index (χ3v) is 4.63. The second-order valence-electron chi connectivity index (χ2n) is 5.73. The molecule has 5 nitrogen and oxygen atoms in total. The highest BCUT2D eigenvalue weighted by Gasteiger charge is 2.31. The van der Waals surface area contributed by atoms with Gasteiger partial charge in [0.2, 0.25) is 5.91 Å². The first-order valence-corrected chi connectivity index (χ1v) is 8.33. The summed E-state index contributed by atoms with van der Waals surface area (Å²) in [5.74, 6) is 0.631. The molecule has 120 valence electrons. The molecule has 0 saturated carbocycles. The zero-order chi connectivity index (χ0) is 16.7. The minimum atomic E-state index is -0.172. The zero-order valence-electron chi connectivity index (χ0n) is 12.6. The van der Waals surface area contributed by atoms with E-state index in [2.05, 4.69) is 26.2 Å². The minimum Gasteiger partial charge on any atom is -0.508 e. The van der Waals surface area contributed by atoms with Gasteiger partial charge in [-0.15, -0.1) is 0 Å². The average Bonchev–Trinajstić information content (AvgIpc) is 2.97. The first kappa shape index (κ1) is 15.0. The Hall–Kier alpha value is -2.60. The molecule has 6 heteroatoms. The fraction of sp³-hybridized carbons (Fsp3) is 0.111. The number of aromatic hydroxyl groups is 1. The lowest BCUT2D eigenvalue weighted by molar-refractivity contribution is -0.116. The van der Waals surface area contributed by atoms with Crippen LogP contribution in [0.4, 0.5) is 5.82 Å². The standard InChI is InChI=1S/C18H14BrN3O2/c19-12-4-2-5-13(8-12)22-10-20-17-15(9-16(24)21-18(17)22)11-3-1-6-14(23)7-11/h1-8,10,15,23H,9H2,(H,21,24)/t15-/m0/s1. The van der Waals surface area contributed by atoms with Crippen LogP contribution in [0.2, 0.25) is 0 Å². The topological polar surface area (TPSA) is 67.1 Å². The van der Waals surface area contributed by atoms with E-state index in [0.29, 0.717) is 12.2 Å². The Morgan fingerprint density at radius 1 is 1.21 bits per heavy atom. The van der Waals surface area contributed by atoms with E-state index in [9.17, 15) is 9.90 Å². The second-order valence-corrected chi connectivity index (χ2v) is 6.64. The Balaban J connectivity index is 1.83. The van der Waals surface area contributed by atoms with Gasteiger partial charge in [-0.25, -0.2) is 4.98 Å². The number of anilines is 1. The normalized spacial score (nSPS) is 16.5. The maximum Gasteiger partial charge on any atom is 0.226 e. The molecule has 1 aliphatic rings. The Labute approximate surface area is 147 Å². The summed E-state index contributed by atoms with van der Waals surface area (Å²) in [7, 11) is 0. The number of phenols is 1. The van der Waals surface area contributed by atoms with Gasteiger partial charge in [0, 0.05) is 22.5 Å². The summed E-state index contributed by atoms with van der Waals surface area (Å²) in [6.07, 6.45) is 2.03. The second kappa shape index (κ2) is 5.79. The van der Waals surface area contributed by atoms with Gasteiger partial charge in [-0.05, 0) is 35.9 Å². The van der Waals surface area contributed by atoms with Crippen LogP contribution in [0.15, 0.2) is 59.3 Å². The number of benzene rings is 2. The van der Waals surface area contributed by atoms with Crippen molar-refractivity contribution in [3.8, 4) is 11.4 Å². The molecule has 1 aliphatic heterocycles. The molecule has 0 unspecified atom stereocenters. The van der Waals surface area contributed by atoms with Crippen molar-refractivity contribution in [2.24, 2.45) is 0 Å². The number of amides is 1. The molecule has 1 amide bonds. The van der Waals surface area contributed by atoms with E-state index < -0.39 is 0 Å². The van der Waals surface area contributed by atoms with Crippen molar-refractivity contribution in [3.05, 3.63) is 70.6 Å². The van der Waals surface area contributed by atoms with E-state index in [1.165, 1.54) is 0 Å². The van der Waals surface area contributed by atoms with E-state index in [0.717, 1.165) is 21.4 Å². The third kappa shape index (κ3) is 2.59. The van der Waals surface area contributed by atoms with Crippen molar-refractivity contribution >= 4 is 27.7 Å². The van der Waals surface area contributed by atoms with Gasteiger partial charge in [0.1, 0.15) is 17.9 Å². The van der Waals surface area contributed by atoms with Gasteiger partial charge in [0.25, 0.3) is 0 Å². The van der Waals surface area contributed by atoms with Gasteiger partial charge < -0.3 is 10.4 Å². The summed E-state index contributed by atoms with van der Waals surface area (Å²) in [5, 5.41) is 12.7. The largest absolute Gasteiger partial charge is 0.508 e. The summed E-state index contributed by atoms with van der Waals surface area (Å²) in [6.45, 7) is 0. The van der Waals surface area contributed by atoms with E-state index in [1.807, 2.05) is 34.9 Å². The van der Waals surface area contributed by atoms with Gasteiger partial charge in [0.05, 0.1) is 5.69 Å². The molecule has 0 aliphatic carbocycles. The molecule has 3 aromatic rings. The summed E-state index contributed by atoms with van der Waals surface area (Å²) in [5.41, 5.74) is 2.60. The van der Waals surface area contributed by atoms with Crippen LogP contribution in [-0.4, -0.2) is 20.6 Å². The van der Waals surface area contributed by atoms with Crippen LogP contribution >= 0.6 is 15.9 Å². The Morgan fingerprint density at radius 3 is 2.83 bits per heavy atom. The number of hydrogen-bond donors (Lipinski definition) is 2. The molecule has 0 radical (unpaired) electrons. The molecule has 24 heavy (non-hydrogen) atoms. The fourth-order valence-electron chi connectivity index (χ4n) is 3.05. The van der Waals surface area contributed by atoms with Crippen molar-refractivity contribution in [2.45, 2.75) is 12.3 Å². The highest BCUT2D eigenvalue weighted by molar-refractivity contribution is 9.10. The predicted molar refractivity (Wildman–Crippen MR) is 94.5 cm³/mol. The van der Waals surface area contributed by atoms with Crippen molar-refractivity contribution in [1.82, 2.24) is 9.55 Å². The van der Waals surface area contributed by atoms with Crippen LogP contribution in [0, 0.1) is 0 Å². The van der Waals surface area contributed by atoms with E-state index in [1.54, 1.807) is 24.5 Å². The lowest BCUT2D eigenvalue weighted by Gasteiger charge is -2.23. The van der Waals surface area contributed by atoms with Gasteiger partial charge >= 0.3 is 0 Å². The van der Waals surface area contributed by atoms with Gasteiger partial charge in [-0.2, -0.15) is 0 Å². The van der Waals surface area contributed by atoms with Gasteiger partial charge in [-0.1, -0.05) is 34.1 Å².